The lowest BCUT2D eigenvalue weighted by atomic mass is 10.0. The minimum atomic E-state index is -4.53. The van der Waals surface area contributed by atoms with Gasteiger partial charge in [0.25, 0.3) is 5.91 Å². The molecule has 4 rings (SSSR count). The number of ketones is 1. The Hall–Kier alpha value is -2.50. The molecule has 2 fully saturated rings. The number of aliphatic hydroxyl groups is 1. The van der Waals surface area contributed by atoms with Gasteiger partial charge < -0.3 is 15.3 Å². The van der Waals surface area contributed by atoms with Crippen LogP contribution >= 0.6 is 11.6 Å². The number of amides is 1. The lowest BCUT2D eigenvalue weighted by Crippen LogP contribution is -2.49. The van der Waals surface area contributed by atoms with Crippen LogP contribution in [0.25, 0.3) is 0 Å². The van der Waals surface area contributed by atoms with Crippen molar-refractivity contribution in [3.8, 4) is 0 Å². The predicted octanol–water partition coefficient (Wildman–Crippen LogP) is 3.72. The molecule has 0 aromatic heterocycles. The maximum absolute atomic E-state index is 12.9. The van der Waals surface area contributed by atoms with Crippen LogP contribution in [0.5, 0.6) is 0 Å². The number of hydrogen-bond donors (Lipinski definition) is 2. The van der Waals surface area contributed by atoms with Gasteiger partial charge in [-0.25, -0.2) is 0 Å². The van der Waals surface area contributed by atoms with Crippen LogP contribution in [0.3, 0.4) is 0 Å². The lowest BCUT2D eigenvalue weighted by Gasteiger charge is -2.36. The summed E-state index contributed by atoms with van der Waals surface area (Å²) in [6.07, 6.45) is -3.82. The second kappa shape index (κ2) is 13.9. The van der Waals surface area contributed by atoms with Crippen LogP contribution < -0.4 is 5.32 Å². The maximum Gasteiger partial charge on any atom is 0.416 e. The number of piperazine rings is 1. The average Bonchev–Trinajstić information content (AvgIpc) is 3.38. The van der Waals surface area contributed by atoms with Crippen LogP contribution in [0.1, 0.15) is 40.4 Å². The second-order valence-electron chi connectivity index (χ2n) is 10.7. The van der Waals surface area contributed by atoms with E-state index < -0.39 is 23.8 Å². The van der Waals surface area contributed by atoms with Gasteiger partial charge in [0.15, 0.2) is 5.78 Å². The standard InChI is InChI=1S/C29H36ClF3N4O3/c30-25-6-4-22(5-7-25)27(39)20-37-14-11-35(12-15-37)10-13-36-9-8-21(19-36)16-26(38)18-34-28(40)23-2-1-3-24(17-23)29(31,32)33/h1-7,17,21,27,39H,8-16,18-20H2,(H,34,40). The van der Waals surface area contributed by atoms with E-state index in [1.54, 1.807) is 12.1 Å². The summed E-state index contributed by atoms with van der Waals surface area (Å²) in [5, 5.41) is 13.6. The highest BCUT2D eigenvalue weighted by Gasteiger charge is 2.31. The second-order valence-corrected chi connectivity index (χ2v) is 11.1. The van der Waals surface area contributed by atoms with Crippen molar-refractivity contribution in [2.75, 3.05) is 65.4 Å². The molecular formula is C29H36ClF3N4O3. The summed E-state index contributed by atoms with van der Waals surface area (Å²) in [6, 6.07) is 11.5. The molecule has 2 aromatic carbocycles. The molecule has 2 saturated heterocycles. The Labute approximate surface area is 237 Å². The molecule has 1 amide bonds. The van der Waals surface area contributed by atoms with Crippen molar-refractivity contribution in [2.45, 2.75) is 25.1 Å². The molecule has 2 unspecified atom stereocenters. The van der Waals surface area contributed by atoms with Gasteiger partial charge in [-0.3, -0.25) is 19.4 Å². The fourth-order valence-electron chi connectivity index (χ4n) is 5.31. The number of benzene rings is 2. The molecule has 2 atom stereocenters. The first kappa shape index (κ1) is 30.5. The molecule has 0 aliphatic carbocycles. The van der Waals surface area contributed by atoms with Crippen molar-refractivity contribution >= 4 is 23.3 Å². The van der Waals surface area contributed by atoms with Crippen LogP contribution in [0.2, 0.25) is 5.02 Å². The molecule has 218 valence electrons. The van der Waals surface area contributed by atoms with Crippen molar-refractivity contribution in [2.24, 2.45) is 5.92 Å². The SMILES string of the molecule is O=C(CNC(=O)c1cccc(C(F)(F)F)c1)CC1CCN(CCN2CCN(CC(O)c3ccc(Cl)cc3)CC2)C1. The number of rotatable bonds is 11. The highest BCUT2D eigenvalue weighted by atomic mass is 35.5. The van der Waals surface area contributed by atoms with Crippen LogP contribution in [0.4, 0.5) is 13.2 Å². The highest BCUT2D eigenvalue weighted by molar-refractivity contribution is 6.30. The number of nitrogens with one attached hydrogen (secondary N) is 1. The number of Topliss-reactive ketones (excluding diaryl/α,β-unsaturated/α-hetero) is 1. The maximum atomic E-state index is 12.9. The molecule has 2 aromatic rings. The van der Waals surface area contributed by atoms with Crippen LogP contribution in [-0.2, 0) is 11.0 Å². The van der Waals surface area contributed by atoms with E-state index in [1.165, 1.54) is 12.1 Å². The van der Waals surface area contributed by atoms with E-state index in [1.807, 2.05) is 12.1 Å². The minimum absolute atomic E-state index is 0.117. The number of alkyl halides is 3. The molecular weight excluding hydrogens is 545 g/mol. The molecule has 7 nitrogen and oxygen atoms in total. The number of nitrogens with zero attached hydrogens (tertiary/aromatic N) is 3. The van der Waals surface area contributed by atoms with Gasteiger partial charge in [0.1, 0.15) is 0 Å². The fraction of sp³-hybridized carbons (Fsp3) is 0.517. The van der Waals surface area contributed by atoms with Crippen LogP contribution in [0.15, 0.2) is 48.5 Å². The van der Waals surface area contributed by atoms with E-state index >= 15 is 0 Å². The summed E-state index contributed by atoms with van der Waals surface area (Å²) >= 11 is 5.93. The van der Waals surface area contributed by atoms with E-state index in [0.717, 1.165) is 76.5 Å². The summed E-state index contributed by atoms with van der Waals surface area (Å²) in [5.74, 6) is -0.597. The number of β-amino-alcohol motifs (C(OH)–C–C–N with tert-alkyl or cyclic N) is 1. The molecule has 2 N–H and O–H groups in total. The fourth-order valence-corrected chi connectivity index (χ4v) is 5.43. The number of likely N-dealkylation sites (tertiary alicyclic amines) is 1. The Morgan fingerprint density at radius 3 is 2.35 bits per heavy atom. The average molecular weight is 581 g/mol. The number of carbonyl (C=O) groups is 2. The topological polar surface area (TPSA) is 76.1 Å². The van der Waals surface area contributed by atoms with E-state index in [4.69, 9.17) is 11.6 Å². The molecule has 40 heavy (non-hydrogen) atoms. The van der Waals surface area contributed by atoms with Crippen molar-refractivity contribution in [1.82, 2.24) is 20.0 Å². The summed E-state index contributed by atoms with van der Waals surface area (Å²) in [7, 11) is 0. The Morgan fingerprint density at radius 2 is 1.65 bits per heavy atom. The highest BCUT2D eigenvalue weighted by Crippen LogP contribution is 2.29. The quantitative estimate of drug-likeness (QED) is 0.422. The Morgan fingerprint density at radius 1 is 0.975 bits per heavy atom. The third-order valence-corrected chi connectivity index (χ3v) is 7.92. The van der Waals surface area contributed by atoms with Gasteiger partial charge in [0.2, 0.25) is 0 Å². The van der Waals surface area contributed by atoms with Crippen molar-refractivity contribution in [3.63, 3.8) is 0 Å². The van der Waals surface area contributed by atoms with E-state index in [-0.39, 0.29) is 23.8 Å². The first-order valence-corrected chi connectivity index (χ1v) is 14.0. The largest absolute Gasteiger partial charge is 0.416 e. The summed E-state index contributed by atoms with van der Waals surface area (Å²) in [5.41, 5.74) is -0.146. The summed E-state index contributed by atoms with van der Waals surface area (Å²) in [4.78, 5) is 31.7. The summed E-state index contributed by atoms with van der Waals surface area (Å²) in [6.45, 7) is 7.68. The molecule has 2 heterocycles. The van der Waals surface area contributed by atoms with Crippen molar-refractivity contribution in [1.29, 1.82) is 0 Å². The minimum Gasteiger partial charge on any atom is -0.387 e. The molecule has 0 spiro atoms. The van der Waals surface area contributed by atoms with E-state index in [9.17, 15) is 27.9 Å². The number of halogens is 4. The van der Waals surface area contributed by atoms with Gasteiger partial charge in [0, 0.05) is 69.4 Å². The number of hydrogen-bond acceptors (Lipinski definition) is 6. The molecule has 2 aliphatic heterocycles. The molecule has 0 radical (unpaired) electrons. The molecule has 0 bridgehead atoms. The smallest absolute Gasteiger partial charge is 0.387 e. The first-order chi connectivity index (χ1) is 19.1. The van der Waals surface area contributed by atoms with Gasteiger partial charge in [-0.2, -0.15) is 13.2 Å². The monoisotopic (exact) mass is 580 g/mol. The van der Waals surface area contributed by atoms with Gasteiger partial charge >= 0.3 is 6.18 Å². The van der Waals surface area contributed by atoms with E-state index in [0.29, 0.717) is 18.0 Å². The number of carbonyl (C=O) groups excluding carboxylic acids is 2. The zero-order valence-electron chi connectivity index (χ0n) is 22.4. The lowest BCUT2D eigenvalue weighted by molar-refractivity contribution is -0.137. The third kappa shape index (κ3) is 9.01. The molecule has 11 heteroatoms. The summed E-state index contributed by atoms with van der Waals surface area (Å²) < 4.78 is 38.6. The molecule has 2 aliphatic rings. The first-order valence-electron chi connectivity index (χ1n) is 13.6. The van der Waals surface area contributed by atoms with Crippen molar-refractivity contribution < 1.29 is 27.9 Å². The normalized spacial score (nSPS) is 20.0. The van der Waals surface area contributed by atoms with Crippen molar-refractivity contribution in [3.05, 3.63) is 70.2 Å². The molecule has 0 saturated carbocycles. The van der Waals surface area contributed by atoms with Crippen LogP contribution in [0, 0.1) is 5.92 Å². The van der Waals surface area contributed by atoms with Gasteiger partial charge in [0.05, 0.1) is 18.2 Å². The Bertz CT molecular complexity index is 1140. The Balaban J connectivity index is 1.10. The van der Waals surface area contributed by atoms with Gasteiger partial charge in [-0.15, -0.1) is 0 Å². The zero-order valence-corrected chi connectivity index (χ0v) is 23.1. The predicted molar refractivity (Wildman–Crippen MR) is 147 cm³/mol. The zero-order chi connectivity index (χ0) is 28.7. The van der Waals surface area contributed by atoms with Gasteiger partial charge in [-0.1, -0.05) is 29.8 Å². The van der Waals surface area contributed by atoms with E-state index in [2.05, 4.69) is 20.0 Å². The third-order valence-electron chi connectivity index (χ3n) is 7.67. The number of aliphatic hydroxyl groups excluding tert-OH is 1. The Kier molecular flexibility index (Phi) is 10.6. The van der Waals surface area contributed by atoms with Crippen LogP contribution in [-0.4, -0.2) is 96.9 Å². The van der Waals surface area contributed by atoms with Gasteiger partial charge in [-0.05, 0) is 54.8 Å².